The third kappa shape index (κ3) is 5.58. The molecule has 0 nitrogen and oxygen atoms in total. The van der Waals surface area contributed by atoms with Crippen molar-refractivity contribution >= 4 is 0 Å². The minimum absolute atomic E-state index is 0.0172. The number of alkyl halides is 3. The maximum absolute atomic E-state index is 14.8. The lowest BCUT2D eigenvalue weighted by atomic mass is 9.77. The first-order valence-corrected chi connectivity index (χ1v) is 10.5. The van der Waals surface area contributed by atoms with Gasteiger partial charge in [-0.25, -0.2) is 13.2 Å². The Morgan fingerprint density at radius 2 is 1.50 bits per heavy atom. The largest absolute Gasteiger partial charge is 0.389 e. The minimum atomic E-state index is -4.50. The van der Waals surface area contributed by atoms with Gasteiger partial charge in [0.15, 0.2) is 0 Å². The van der Waals surface area contributed by atoms with Gasteiger partial charge in [-0.05, 0) is 73.3 Å². The van der Waals surface area contributed by atoms with Crippen LogP contribution in [0.2, 0.25) is 0 Å². The summed E-state index contributed by atoms with van der Waals surface area (Å²) in [5, 5.41) is 0. The van der Waals surface area contributed by atoms with E-state index in [2.05, 4.69) is 6.92 Å². The second-order valence-corrected chi connectivity index (χ2v) is 8.28. The molecule has 0 heterocycles. The van der Waals surface area contributed by atoms with Crippen molar-refractivity contribution in [1.29, 1.82) is 0 Å². The van der Waals surface area contributed by atoms with Crippen LogP contribution in [0.1, 0.15) is 68.9 Å². The van der Waals surface area contributed by atoms with Gasteiger partial charge in [-0.1, -0.05) is 31.9 Å². The Bertz CT molecular complexity index is 839. The molecule has 30 heavy (non-hydrogen) atoms. The summed E-state index contributed by atoms with van der Waals surface area (Å²) < 4.78 is 80.3. The van der Waals surface area contributed by atoms with E-state index in [1.807, 2.05) is 0 Å². The van der Waals surface area contributed by atoms with E-state index in [1.165, 1.54) is 25.0 Å². The smallest absolute Gasteiger partial charge is 0.207 e. The van der Waals surface area contributed by atoms with Crippen LogP contribution in [0.5, 0.6) is 0 Å². The predicted molar refractivity (Wildman–Crippen MR) is 106 cm³/mol. The molecule has 0 aliphatic heterocycles. The number of hydrogen-bond acceptors (Lipinski definition) is 0. The first-order valence-electron chi connectivity index (χ1n) is 10.5. The average molecular weight is 428 g/mol. The average Bonchev–Trinajstić information content (AvgIpc) is 2.67. The van der Waals surface area contributed by atoms with Crippen molar-refractivity contribution in [1.82, 2.24) is 0 Å². The minimum Gasteiger partial charge on any atom is -0.207 e. The summed E-state index contributed by atoms with van der Waals surface area (Å²) in [5.74, 6) is -1.75. The highest BCUT2D eigenvalue weighted by molar-refractivity contribution is 5.65. The van der Waals surface area contributed by atoms with Gasteiger partial charge in [-0.3, -0.25) is 0 Å². The summed E-state index contributed by atoms with van der Waals surface area (Å²) >= 11 is 0. The highest BCUT2D eigenvalue weighted by Crippen LogP contribution is 2.39. The Labute approximate surface area is 173 Å². The van der Waals surface area contributed by atoms with Crippen LogP contribution in [0.25, 0.3) is 11.1 Å². The SMILES string of the molecule is CCC[C@H]1CC[C@H](c2ccc(-c3cc(F)c(CCC(F)(F)F)c(F)c3)c(F)c2)CC1. The monoisotopic (exact) mass is 428 g/mol. The van der Waals surface area contributed by atoms with Gasteiger partial charge in [0.1, 0.15) is 17.5 Å². The van der Waals surface area contributed by atoms with Crippen LogP contribution >= 0.6 is 0 Å². The van der Waals surface area contributed by atoms with Gasteiger partial charge in [0.2, 0.25) is 0 Å². The van der Waals surface area contributed by atoms with E-state index in [0.29, 0.717) is 0 Å². The van der Waals surface area contributed by atoms with Gasteiger partial charge >= 0.3 is 6.18 Å². The lowest BCUT2D eigenvalue weighted by molar-refractivity contribution is -0.134. The molecule has 0 amide bonds. The summed E-state index contributed by atoms with van der Waals surface area (Å²) in [6.07, 6.45) is 0.0238. The maximum atomic E-state index is 14.8. The van der Waals surface area contributed by atoms with Gasteiger partial charge < -0.3 is 0 Å². The molecule has 2 aromatic carbocycles. The normalized spacial score (nSPS) is 19.8. The van der Waals surface area contributed by atoms with Crippen LogP contribution in [0, 0.1) is 23.4 Å². The Morgan fingerprint density at radius 3 is 2.03 bits per heavy atom. The zero-order valence-electron chi connectivity index (χ0n) is 17.0. The first kappa shape index (κ1) is 22.7. The van der Waals surface area contributed by atoms with E-state index in [-0.39, 0.29) is 17.0 Å². The summed E-state index contributed by atoms with van der Waals surface area (Å²) in [6, 6.07) is 6.53. The molecule has 1 saturated carbocycles. The molecule has 0 saturated heterocycles. The van der Waals surface area contributed by atoms with Crippen molar-refractivity contribution in [3.05, 3.63) is 58.9 Å². The molecule has 2 aromatic rings. The van der Waals surface area contributed by atoms with E-state index in [1.54, 1.807) is 6.07 Å². The van der Waals surface area contributed by atoms with E-state index in [4.69, 9.17) is 0 Å². The lowest BCUT2D eigenvalue weighted by Gasteiger charge is -2.28. The van der Waals surface area contributed by atoms with E-state index in [0.717, 1.165) is 49.3 Å². The molecule has 0 atom stereocenters. The summed E-state index contributed by atoms with van der Waals surface area (Å²) in [4.78, 5) is 0. The second-order valence-electron chi connectivity index (χ2n) is 8.28. The van der Waals surface area contributed by atoms with Crippen LogP contribution in [0.3, 0.4) is 0 Å². The van der Waals surface area contributed by atoms with Crippen molar-refractivity contribution in [2.75, 3.05) is 0 Å². The predicted octanol–water partition coefficient (Wildman–Crippen LogP) is 8.34. The molecule has 0 bridgehead atoms. The van der Waals surface area contributed by atoms with E-state index >= 15 is 0 Å². The zero-order valence-corrected chi connectivity index (χ0v) is 17.0. The Morgan fingerprint density at radius 1 is 0.867 bits per heavy atom. The van der Waals surface area contributed by atoms with Gasteiger partial charge in [0.25, 0.3) is 0 Å². The molecule has 0 aromatic heterocycles. The molecule has 1 fully saturated rings. The fourth-order valence-electron chi connectivity index (χ4n) is 4.48. The standard InChI is InChI=1S/C24H26F6/c1-2-3-15-4-6-16(7-5-15)17-8-9-19(21(25)12-17)18-13-22(26)20(23(27)14-18)10-11-24(28,29)30/h8-9,12-16H,2-7,10-11H2,1H3/t15-,16-. The third-order valence-corrected chi connectivity index (χ3v) is 6.12. The molecule has 1 aliphatic rings. The lowest BCUT2D eigenvalue weighted by Crippen LogP contribution is -2.13. The fourth-order valence-corrected chi connectivity index (χ4v) is 4.48. The fraction of sp³-hybridized carbons (Fsp3) is 0.500. The Kier molecular flexibility index (Phi) is 7.14. The summed E-state index contributed by atoms with van der Waals surface area (Å²) in [5.41, 5.74) is 0.279. The number of rotatable bonds is 6. The molecule has 0 radical (unpaired) electrons. The number of halogens is 6. The Hall–Kier alpha value is -1.98. The topological polar surface area (TPSA) is 0 Å². The van der Waals surface area contributed by atoms with E-state index < -0.39 is 42.0 Å². The summed E-state index contributed by atoms with van der Waals surface area (Å²) in [7, 11) is 0. The van der Waals surface area contributed by atoms with Crippen molar-refractivity contribution in [3.63, 3.8) is 0 Å². The maximum Gasteiger partial charge on any atom is 0.389 e. The molecular formula is C24H26F6. The molecule has 164 valence electrons. The van der Waals surface area contributed by atoms with Crippen LogP contribution in [-0.2, 0) is 6.42 Å². The van der Waals surface area contributed by atoms with Crippen LogP contribution < -0.4 is 0 Å². The first-order chi connectivity index (χ1) is 14.2. The highest BCUT2D eigenvalue weighted by Gasteiger charge is 2.28. The van der Waals surface area contributed by atoms with Crippen molar-refractivity contribution in [2.45, 2.75) is 70.4 Å². The molecule has 3 rings (SSSR count). The van der Waals surface area contributed by atoms with Crippen LogP contribution in [-0.4, -0.2) is 6.18 Å². The molecular weight excluding hydrogens is 402 g/mol. The molecule has 0 unspecified atom stereocenters. The van der Waals surface area contributed by atoms with Gasteiger partial charge in [-0.2, -0.15) is 13.2 Å². The van der Waals surface area contributed by atoms with Gasteiger partial charge in [0, 0.05) is 17.5 Å². The molecule has 0 spiro atoms. The van der Waals surface area contributed by atoms with Crippen molar-refractivity contribution in [2.24, 2.45) is 5.92 Å². The molecule has 0 N–H and O–H groups in total. The summed E-state index contributed by atoms with van der Waals surface area (Å²) in [6.45, 7) is 2.18. The molecule has 1 aliphatic carbocycles. The second kappa shape index (κ2) is 9.44. The Balaban J connectivity index is 1.77. The van der Waals surface area contributed by atoms with Gasteiger partial charge in [-0.15, -0.1) is 0 Å². The number of benzene rings is 2. The highest BCUT2D eigenvalue weighted by atomic mass is 19.4. The van der Waals surface area contributed by atoms with Crippen molar-refractivity contribution in [3.8, 4) is 11.1 Å². The van der Waals surface area contributed by atoms with Gasteiger partial charge in [0.05, 0.1) is 0 Å². The molecule has 6 heteroatoms. The number of hydrogen-bond donors (Lipinski definition) is 0. The van der Waals surface area contributed by atoms with Crippen molar-refractivity contribution < 1.29 is 26.3 Å². The quantitative estimate of drug-likeness (QED) is 0.406. The zero-order chi connectivity index (χ0) is 21.9. The third-order valence-electron chi connectivity index (χ3n) is 6.12. The van der Waals surface area contributed by atoms with Crippen LogP contribution in [0.4, 0.5) is 26.3 Å². The van der Waals surface area contributed by atoms with E-state index in [9.17, 15) is 26.3 Å². The van der Waals surface area contributed by atoms with Crippen LogP contribution in [0.15, 0.2) is 30.3 Å².